The van der Waals surface area contributed by atoms with Crippen molar-refractivity contribution >= 4 is 5.91 Å². The van der Waals surface area contributed by atoms with Crippen LogP contribution in [0.5, 0.6) is 5.75 Å². The number of amides is 1. The Balaban J connectivity index is 2.63. The van der Waals surface area contributed by atoms with Gasteiger partial charge in [0.05, 0.1) is 7.11 Å². The van der Waals surface area contributed by atoms with Gasteiger partial charge >= 0.3 is 0 Å². The minimum absolute atomic E-state index is 0.00120. The fraction of sp³-hybridized carbons (Fsp3) is 0.562. The maximum atomic E-state index is 12.1. The maximum absolute atomic E-state index is 12.1. The van der Waals surface area contributed by atoms with E-state index >= 15 is 0 Å². The number of methoxy groups -OCH3 is 1. The summed E-state index contributed by atoms with van der Waals surface area (Å²) >= 11 is 0. The Morgan fingerprint density at radius 1 is 1.35 bits per heavy atom. The van der Waals surface area contributed by atoms with Crippen LogP contribution in [-0.2, 0) is 0 Å². The Morgan fingerprint density at radius 2 is 2.00 bits per heavy atom. The van der Waals surface area contributed by atoms with Crippen molar-refractivity contribution in [2.24, 2.45) is 11.7 Å². The number of ether oxygens (including phenoxy) is 1. The molecule has 0 heterocycles. The predicted octanol–water partition coefficient (Wildman–Crippen LogP) is 2.50. The van der Waals surface area contributed by atoms with Crippen molar-refractivity contribution in [3.05, 3.63) is 29.3 Å². The molecular formula is C16H26N2O2. The van der Waals surface area contributed by atoms with Crippen LogP contribution >= 0.6 is 0 Å². The minimum Gasteiger partial charge on any atom is -0.496 e. The summed E-state index contributed by atoms with van der Waals surface area (Å²) in [6, 6.07) is 5.44. The highest BCUT2D eigenvalue weighted by molar-refractivity contribution is 5.94. The zero-order valence-electron chi connectivity index (χ0n) is 12.9. The van der Waals surface area contributed by atoms with E-state index in [9.17, 15) is 4.79 Å². The topological polar surface area (TPSA) is 64.3 Å². The van der Waals surface area contributed by atoms with Gasteiger partial charge in [0.25, 0.3) is 5.91 Å². The second-order valence-corrected chi connectivity index (χ2v) is 5.13. The van der Waals surface area contributed by atoms with Crippen molar-refractivity contribution in [1.29, 1.82) is 0 Å². The standard InChI is InChI=1S/C16H26N2O2/c1-5-12(6-2)14(17)10-18-16(19)13-8-7-11(3)15(9-13)20-4/h7-9,12,14H,5-6,10,17H2,1-4H3,(H,18,19). The molecule has 0 aliphatic carbocycles. The monoisotopic (exact) mass is 278 g/mol. The van der Waals surface area contributed by atoms with E-state index in [0.29, 0.717) is 18.0 Å². The van der Waals surface area contributed by atoms with Crippen molar-refractivity contribution < 1.29 is 9.53 Å². The lowest BCUT2D eigenvalue weighted by Gasteiger charge is -2.21. The van der Waals surface area contributed by atoms with Gasteiger partial charge in [-0.3, -0.25) is 4.79 Å². The van der Waals surface area contributed by atoms with Crippen molar-refractivity contribution in [1.82, 2.24) is 5.32 Å². The first-order chi connectivity index (χ1) is 9.53. The second kappa shape index (κ2) is 7.90. The number of hydrogen-bond acceptors (Lipinski definition) is 3. The minimum atomic E-state index is -0.107. The molecule has 1 amide bonds. The molecule has 0 aromatic heterocycles. The third-order valence-electron chi connectivity index (χ3n) is 3.82. The number of rotatable bonds is 7. The van der Waals surface area contributed by atoms with Gasteiger partial charge in [-0.05, 0) is 30.5 Å². The zero-order chi connectivity index (χ0) is 15.1. The first kappa shape index (κ1) is 16.5. The summed E-state index contributed by atoms with van der Waals surface area (Å²) in [6.45, 7) is 6.70. The van der Waals surface area contributed by atoms with Gasteiger partial charge in [0.2, 0.25) is 0 Å². The molecule has 1 aromatic rings. The zero-order valence-corrected chi connectivity index (χ0v) is 12.9. The number of hydrogen-bond donors (Lipinski definition) is 2. The lowest BCUT2D eigenvalue weighted by molar-refractivity contribution is 0.0947. The first-order valence-electron chi connectivity index (χ1n) is 7.21. The summed E-state index contributed by atoms with van der Waals surface area (Å²) in [5, 5.41) is 2.90. The largest absolute Gasteiger partial charge is 0.496 e. The molecule has 0 radical (unpaired) electrons. The van der Waals surface area contributed by atoms with Gasteiger partial charge < -0.3 is 15.8 Å². The van der Waals surface area contributed by atoms with Gasteiger partial charge in [0, 0.05) is 18.2 Å². The number of carbonyl (C=O) groups is 1. The molecular weight excluding hydrogens is 252 g/mol. The molecule has 4 nitrogen and oxygen atoms in total. The van der Waals surface area contributed by atoms with Crippen LogP contribution in [0.4, 0.5) is 0 Å². The van der Waals surface area contributed by atoms with Gasteiger partial charge in [0.15, 0.2) is 0 Å². The Kier molecular flexibility index (Phi) is 6.52. The van der Waals surface area contributed by atoms with E-state index in [2.05, 4.69) is 19.2 Å². The molecule has 0 aliphatic rings. The van der Waals surface area contributed by atoms with E-state index in [1.807, 2.05) is 13.0 Å². The summed E-state index contributed by atoms with van der Waals surface area (Å²) in [6.07, 6.45) is 2.07. The SMILES string of the molecule is CCC(CC)C(N)CNC(=O)c1ccc(C)c(OC)c1. The third-order valence-corrected chi connectivity index (χ3v) is 3.82. The van der Waals surface area contributed by atoms with Crippen molar-refractivity contribution in [2.45, 2.75) is 39.7 Å². The summed E-state index contributed by atoms with van der Waals surface area (Å²) < 4.78 is 5.23. The van der Waals surface area contributed by atoms with E-state index < -0.39 is 0 Å². The number of nitrogens with one attached hydrogen (secondary N) is 1. The van der Waals surface area contributed by atoms with Gasteiger partial charge in [-0.1, -0.05) is 32.8 Å². The number of nitrogens with two attached hydrogens (primary N) is 1. The summed E-state index contributed by atoms with van der Waals surface area (Å²) in [5.74, 6) is 1.06. The molecule has 0 spiro atoms. The molecule has 20 heavy (non-hydrogen) atoms. The Labute approximate surface area is 121 Å². The van der Waals surface area contributed by atoms with E-state index in [-0.39, 0.29) is 11.9 Å². The normalized spacial score (nSPS) is 12.3. The summed E-state index contributed by atoms with van der Waals surface area (Å²) in [7, 11) is 1.60. The van der Waals surface area contributed by atoms with Crippen molar-refractivity contribution in [3.63, 3.8) is 0 Å². The summed E-state index contributed by atoms with van der Waals surface area (Å²) in [4.78, 5) is 12.1. The average Bonchev–Trinajstić information content (AvgIpc) is 2.46. The third kappa shape index (κ3) is 4.23. The van der Waals surface area contributed by atoms with E-state index in [1.165, 1.54) is 0 Å². The van der Waals surface area contributed by atoms with Gasteiger partial charge in [0.1, 0.15) is 5.75 Å². The Morgan fingerprint density at radius 3 is 2.55 bits per heavy atom. The molecule has 1 atom stereocenters. The molecule has 0 fully saturated rings. The van der Waals surface area contributed by atoms with Gasteiger partial charge in [-0.25, -0.2) is 0 Å². The number of carbonyl (C=O) groups excluding carboxylic acids is 1. The lowest BCUT2D eigenvalue weighted by Crippen LogP contribution is -2.41. The van der Waals surface area contributed by atoms with E-state index in [0.717, 1.165) is 24.2 Å². The number of aryl methyl sites for hydroxylation is 1. The van der Waals surface area contributed by atoms with Crippen LogP contribution in [0.1, 0.15) is 42.6 Å². The van der Waals surface area contributed by atoms with Gasteiger partial charge in [-0.2, -0.15) is 0 Å². The van der Waals surface area contributed by atoms with Crippen LogP contribution in [0.2, 0.25) is 0 Å². The highest BCUT2D eigenvalue weighted by atomic mass is 16.5. The van der Waals surface area contributed by atoms with Crippen molar-refractivity contribution in [2.75, 3.05) is 13.7 Å². The molecule has 1 unspecified atom stereocenters. The predicted molar refractivity (Wildman–Crippen MR) is 82.1 cm³/mol. The van der Waals surface area contributed by atoms with Crippen LogP contribution in [0.15, 0.2) is 18.2 Å². The first-order valence-corrected chi connectivity index (χ1v) is 7.21. The quantitative estimate of drug-likeness (QED) is 0.805. The Bertz CT molecular complexity index is 442. The highest BCUT2D eigenvalue weighted by Crippen LogP contribution is 2.19. The fourth-order valence-electron chi connectivity index (χ4n) is 2.33. The maximum Gasteiger partial charge on any atom is 0.251 e. The van der Waals surface area contributed by atoms with E-state index in [4.69, 9.17) is 10.5 Å². The molecule has 0 aliphatic heterocycles. The van der Waals surface area contributed by atoms with Gasteiger partial charge in [-0.15, -0.1) is 0 Å². The van der Waals surface area contributed by atoms with Crippen LogP contribution in [0.25, 0.3) is 0 Å². The summed E-state index contributed by atoms with van der Waals surface area (Å²) in [5.41, 5.74) is 7.72. The second-order valence-electron chi connectivity index (χ2n) is 5.13. The van der Waals surface area contributed by atoms with Crippen LogP contribution in [0.3, 0.4) is 0 Å². The van der Waals surface area contributed by atoms with E-state index in [1.54, 1.807) is 19.2 Å². The van der Waals surface area contributed by atoms with Crippen LogP contribution in [-0.4, -0.2) is 25.6 Å². The van der Waals surface area contributed by atoms with Crippen LogP contribution in [0, 0.1) is 12.8 Å². The van der Waals surface area contributed by atoms with Crippen molar-refractivity contribution in [3.8, 4) is 5.75 Å². The molecule has 1 rings (SSSR count). The van der Waals surface area contributed by atoms with Crippen LogP contribution < -0.4 is 15.8 Å². The molecule has 1 aromatic carbocycles. The fourth-order valence-corrected chi connectivity index (χ4v) is 2.33. The smallest absolute Gasteiger partial charge is 0.251 e. The molecule has 112 valence electrons. The Hall–Kier alpha value is -1.55. The molecule has 4 heteroatoms. The average molecular weight is 278 g/mol. The molecule has 0 bridgehead atoms. The molecule has 3 N–H and O–H groups in total. The molecule has 0 saturated carbocycles. The number of benzene rings is 1. The molecule has 0 saturated heterocycles. The highest BCUT2D eigenvalue weighted by Gasteiger charge is 2.15. The lowest BCUT2D eigenvalue weighted by atomic mass is 9.95.